The highest BCUT2D eigenvalue weighted by Crippen LogP contribution is 2.49. The van der Waals surface area contributed by atoms with E-state index < -0.39 is 0 Å². The molecule has 0 aromatic heterocycles. The Morgan fingerprint density at radius 1 is 0.162 bits per heavy atom. The molecule has 15 aromatic carbocycles. The van der Waals surface area contributed by atoms with Crippen LogP contribution in [0.1, 0.15) is 0 Å². The van der Waals surface area contributed by atoms with Crippen LogP contribution in [0.15, 0.2) is 243 Å². The first-order valence-electron chi connectivity index (χ1n) is 23.7. The second-order valence-corrected chi connectivity index (χ2v) is 18.7. The van der Waals surface area contributed by atoms with Crippen LogP contribution in [-0.2, 0) is 0 Å². The lowest BCUT2D eigenvalue weighted by Crippen LogP contribution is -1.95. The van der Waals surface area contributed by atoms with Crippen LogP contribution < -0.4 is 0 Å². The first-order chi connectivity index (χ1) is 33.7. The topological polar surface area (TPSA) is 0 Å². The van der Waals surface area contributed by atoms with Crippen molar-refractivity contribution in [3.63, 3.8) is 0 Å². The average Bonchev–Trinajstić information content (AvgIpc) is 3.41. The van der Waals surface area contributed by atoms with Gasteiger partial charge in [0.15, 0.2) is 0 Å². The first-order valence-corrected chi connectivity index (χ1v) is 23.7. The Morgan fingerprint density at radius 3 is 1.16 bits per heavy atom. The predicted octanol–water partition coefficient (Wildman–Crippen LogP) is 19.3. The molecule has 0 aliphatic heterocycles. The Kier molecular flexibility index (Phi) is 7.88. The van der Waals surface area contributed by atoms with E-state index in [9.17, 15) is 0 Å². The van der Waals surface area contributed by atoms with Crippen LogP contribution in [0.4, 0.5) is 0 Å². The summed E-state index contributed by atoms with van der Waals surface area (Å²) >= 11 is 0. The van der Waals surface area contributed by atoms with Crippen molar-refractivity contribution in [3.05, 3.63) is 243 Å². The molecule has 312 valence electrons. The lowest BCUT2D eigenvalue weighted by Gasteiger charge is -2.22. The van der Waals surface area contributed by atoms with E-state index in [4.69, 9.17) is 0 Å². The van der Waals surface area contributed by atoms with E-state index >= 15 is 0 Å². The summed E-state index contributed by atoms with van der Waals surface area (Å²) in [4.78, 5) is 0. The summed E-state index contributed by atoms with van der Waals surface area (Å²) in [6.45, 7) is 0. The van der Waals surface area contributed by atoms with Crippen molar-refractivity contribution in [1.82, 2.24) is 0 Å². The van der Waals surface area contributed by atoms with Gasteiger partial charge < -0.3 is 0 Å². The molecule has 0 heteroatoms. The van der Waals surface area contributed by atoms with Crippen LogP contribution in [0.5, 0.6) is 0 Å². The van der Waals surface area contributed by atoms with Crippen molar-refractivity contribution in [3.8, 4) is 55.6 Å². The number of hydrogen-bond donors (Lipinski definition) is 0. The van der Waals surface area contributed by atoms with Crippen LogP contribution in [-0.4, -0.2) is 0 Å². The number of fused-ring (bicyclic) bond motifs is 3. The molecule has 0 heterocycles. The van der Waals surface area contributed by atoms with Gasteiger partial charge in [-0.2, -0.15) is 0 Å². The van der Waals surface area contributed by atoms with Gasteiger partial charge in [-0.1, -0.05) is 218 Å². The standard InChI is InChI=1S/C68H40/c1-3-11-49-37-51(25-19-41(49)9-1)61-39-52(31-34-56(61)55-32-27-47-23-21-43-13-7-15-45-29-35-59(55)67(47)64(43)45)62-40-63(57-33-28-48-24-22-44-14-8-16-46-30-36-60(57)68(48)65(44)46)66(58-18-6-5-17-54(58)62)53-26-20-42-10-2-4-12-50(42)38-53/h1-40H. The molecule has 0 bridgehead atoms. The van der Waals surface area contributed by atoms with Gasteiger partial charge >= 0.3 is 0 Å². The van der Waals surface area contributed by atoms with Crippen molar-refractivity contribution in [1.29, 1.82) is 0 Å². The molecule has 0 saturated heterocycles. The van der Waals surface area contributed by atoms with E-state index in [-0.39, 0.29) is 0 Å². The average molecular weight is 857 g/mol. The fourth-order valence-corrected chi connectivity index (χ4v) is 12.0. The van der Waals surface area contributed by atoms with E-state index in [0.717, 1.165) is 0 Å². The van der Waals surface area contributed by atoms with Crippen molar-refractivity contribution < 1.29 is 0 Å². The van der Waals surface area contributed by atoms with Gasteiger partial charge in [0.2, 0.25) is 0 Å². The van der Waals surface area contributed by atoms with E-state index in [1.807, 2.05) is 0 Å². The molecule has 0 fully saturated rings. The smallest absolute Gasteiger partial charge is 0.00206 e. The Morgan fingerprint density at radius 2 is 0.559 bits per heavy atom. The molecule has 0 radical (unpaired) electrons. The van der Waals surface area contributed by atoms with Crippen LogP contribution in [0.2, 0.25) is 0 Å². The Balaban J connectivity index is 1.03. The molecule has 15 rings (SSSR count). The zero-order chi connectivity index (χ0) is 44.5. The largest absolute Gasteiger partial charge is 0.0616 e. The van der Waals surface area contributed by atoms with Crippen molar-refractivity contribution >= 4 is 97.0 Å². The van der Waals surface area contributed by atoms with Crippen molar-refractivity contribution in [2.24, 2.45) is 0 Å². The summed E-state index contributed by atoms with van der Waals surface area (Å²) in [6, 6.07) is 91.5. The number of hydrogen-bond acceptors (Lipinski definition) is 0. The highest BCUT2D eigenvalue weighted by Gasteiger charge is 2.22. The zero-order valence-electron chi connectivity index (χ0n) is 37.1. The van der Waals surface area contributed by atoms with E-state index in [2.05, 4.69) is 243 Å². The molecule has 0 unspecified atom stereocenters. The Bertz CT molecular complexity index is 4520. The maximum Gasteiger partial charge on any atom is -0.00206 e. The van der Waals surface area contributed by atoms with Crippen LogP contribution in [0.3, 0.4) is 0 Å². The lowest BCUT2D eigenvalue weighted by molar-refractivity contribution is 1.59. The minimum atomic E-state index is 1.19. The molecule has 0 spiro atoms. The molecule has 0 atom stereocenters. The third kappa shape index (κ3) is 5.49. The van der Waals surface area contributed by atoms with Crippen LogP contribution in [0, 0.1) is 0 Å². The molecule has 0 amide bonds. The van der Waals surface area contributed by atoms with Gasteiger partial charge in [0.25, 0.3) is 0 Å². The van der Waals surface area contributed by atoms with E-state index in [0.29, 0.717) is 0 Å². The fourth-order valence-electron chi connectivity index (χ4n) is 12.0. The highest BCUT2D eigenvalue weighted by atomic mass is 14.3. The van der Waals surface area contributed by atoms with Gasteiger partial charge in [0, 0.05) is 0 Å². The summed E-state index contributed by atoms with van der Waals surface area (Å²) < 4.78 is 0. The van der Waals surface area contributed by atoms with Gasteiger partial charge in [-0.25, -0.2) is 0 Å². The lowest BCUT2D eigenvalue weighted by atomic mass is 9.81. The Hall–Kier alpha value is -8.84. The zero-order valence-corrected chi connectivity index (χ0v) is 37.1. The van der Waals surface area contributed by atoms with Gasteiger partial charge in [0.05, 0.1) is 0 Å². The summed E-state index contributed by atoms with van der Waals surface area (Å²) in [6.07, 6.45) is 0. The quantitative estimate of drug-likeness (QED) is 0.151. The normalized spacial score (nSPS) is 12.1. The summed E-state index contributed by atoms with van der Waals surface area (Å²) in [5, 5.41) is 23.0. The van der Waals surface area contributed by atoms with Gasteiger partial charge in [-0.15, -0.1) is 0 Å². The minimum absolute atomic E-state index is 1.19. The SMILES string of the molecule is c1ccc2cc(-c3cc(-c4cc(-c5ccc6ccc7cccc8ccc5c6c78)c(-c5ccc6ccccc6c5)c5ccccc45)ccc3-c3ccc4ccc5cccc6ccc3c4c56)ccc2c1. The van der Waals surface area contributed by atoms with Crippen LogP contribution in [0.25, 0.3) is 153 Å². The second-order valence-electron chi connectivity index (χ2n) is 18.7. The number of benzene rings is 15. The highest BCUT2D eigenvalue weighted by molar-refractivity contribution is 6.28. The fraction of sp³-hybridized carbons (Fsp3) is 0. The third-order valence-electron chi connectivity index (χ3n) is 15.1. The molecule has 0 saturated carbocycles. The monoisotopic (exact) mass is 856 g/mol. The van der Waals surface area contributed by atoms with Crippen molar-refractivity contribution in [2.45, 2.75) is 0 Å². The maximum atomic E-state index is 2.51. The summed E-state index contributed by atoms with van der Waals surface area (Å²) in [7, 11) is 0. The molecule has 15 aromatic rings. The molecule has 68 heavy (non-hydrogen) atoms. The second kappa shape index (κ2) is 14.3. The first kappa shape index (κ1) is 37.4. The minimum Gasteiger partial charge on any atom is -0.0616 e. The summed E-state index contributed by atoms with van der Waals surface area (Å²) in [5.41, 5.74) is 12.2. The molecular weight excluding hydrogens is 817 g/mol. The maximum absolute atomic E-state index is 2.51. The predicted molar refractivity (Wildman–Crippen MR) is 294 cm³/mol. The van der Waals surface area contributed by atoms with Crippen molar-refractivity contribution in [2.75, 3.05) is 0 Å². The van der Waals surface area contributed by atoms with E-state index in [1.165, 1.54) is 153 Å². The molecule has 0 nitrogen and oxygen atoms in total. The number of rotatable bonds is 5. The molecular formula is C68H40. The molecule has 0 aliphatic rings. The van der Waals surface area contributed by atoms with Gasteiger partial charge in [-0.3, -0.25) is 0 Å². The van der Waals surface area contributed by atoms with E-state index in [1.54, 1.807) is 0 Å². The van der Waals surface area contributed by atoms with Crippen LogP contribution >= 0.6 is 0 Å². The molecule has 0 aliphatic carbocycles. The van der Waals surface area contributed by atoms with Gasteiger partial charge in [-0.05, 0) is 177 Å². The molecule has 0 N–H and O–H groups in total. The summed E-state index contributed by atoms with van der Waals surface area (Å²) in [5.74, 6) is 0. The third-order valence-corrected chi connectivity index (χ3v) is 15.1. The Labute approximate surface area is 393 Å². The van der Waals surface area contributed by atoms with Gasteiger partial charge in [0.1, 0.15) is 0 Å².